The van der Waals surface area contributed by atoms with Crippen molar-refractivity contribution in [1.29, 1.82) is 0 Å². The van der Waals surface area contributed by atoms with Crippen LogP contribution in [-0.4, -0.2) is 23.0 Å². The Labute approximate surface area is 75.5 Å². The highest BCUT2D eigenvalue weighted by Crippen LogP contribution is 2.06. The highest BCUT2D eigenvalue weighted by molar-refractivity contribution is 5.98. The molecule has 68 valence electrons. The number of carbonyl (C=O) groups is 1. The Kier molecular flexibility index (Phi) is 2.97. The summed E-state index contributed by atoms with van der Waals surface area (Å²) in [5, 5.41) is 2.51. The first-order valence-corrected chi connectivity index (χ1v) is 3.55. The van der Waals surface area contributed by atoms with Crippen molar-refractivity contribution < 1.29 is 9.53 Å². The molecule has 0 spiro atoms. The number of methoxy groups -OCH3 is 1. The maximum Gasteiger partial charge on any atom is 0.316 e. The van der Waals surface area contributed by atoms with E-state index < -0.39 is 0 Å². The van der Waals surface area contributed by atoms with Gasteiger partial charge in [-0.15, -0.1) is 0 Å². The predicted octanol–water partition coefficient (Wildman–Crippen LogP) is 0.610. The number of ether oxygens (including phenoxy) is 1. The number of hydrogen-bond acceptors (Lipinski definition) is 4. The Hall–Kier alpha value is -1.91. The number of rotatable bonds is 3. The summed E-state index contributed by atoms with van der Waals surface area (Å²) in [6.07, 6.45) is 4.07. The SMILES string of the molecule is C=CC(=O)Nc1cnc(OC)nc1. The first-order valence-electron chi connectivity index (χ1n) is 3.55. The van der Waals surface area contributed by atoms with Crippen LogP contribution in [0, 0.1) is 0 Å². The fraction of sp³-hybridized carbons (Fsp3) is 0.125. The van der Waals surface area contributed by atoms with Crippen LogP contribution in [0.4, 0.5) is 5.69 Å². The molecule has 0 bridgehead atoms. The lowest BCUT2D eigenvalue weighted by Crippen LogP contribution is -2.07. The molecule has 0 aliphatic heterocycles. The van der Waals surface area contributed by atoms with Gasteiger partial charge in [0.05, 0.1) is 25.2 Å². The smallest absolute Gasteiger partial charge is 0.316 e. The molecule has 0 unspecified atom stereocenters. The van der Waals surface area contributed by atoms with Gasteiger partial charge < -0.3 is 10.1 Å². The lowest BCUT2D eigenvalue weighted by Gasteiger charge is -2.01. The van der Waals surface area contributed by atoms with Gasteiger partial charge in [0.25, 0.3) is 0 Å². The minimum absolute atomic E-state index is 0.261. The summed E-state index contributed by atoms with van der Waals surface area (Å²) >= 11 is 0. The van der Waals surface area contributed by atoms with Crippen molar-refractivity contribution in [1.82, 2.24) is 9.97 Å². The zero-order valence-electron chi connectivity index (χ0n) is 7.15. The Morgan fingerprint density at radius 3 is 2.69 bits per heavy atom. The molecule has 1 N–H and O–H groups in total. The Bertz CT molecular complexity index is 308. The van der Waals surface area contributed by atoms with Crippen LogP contribution in [0.5, 0.6) is 6.01 Å². The van der Waals surface area contributed by atoms with E-state index in [1.807, 2.05) is 0 Å². The second kappa shape index (κ2) is 4.20. The summed E-state index contributed by atoms with van der Waals surface area (Å²) in [4.78, 5) is 18.4. The summed E-state index contributed by atoms with van der Waals surface area (Å²) in [6.45, 7) is 3.31. The van der Waals surface area contributed by atoms with Crippen LogP contribution in [0.3, 0.4) is 0 Å². The van der Waals surface area contributed by atoms with Crippen LogP contribution < -0.4 is 10.1 Å². The molecular weight excluding hydrogens is 170 g/mol. The number of nitrogens with zero attached hydrogens (tertiary/aromatic N) is 2. The van der Waals surface area contributed by atoms with Gasteiger partial charge in [0.1, 0.15) is 0 Å². The molecule has 0 saturated carbocycles. The number of aromatic nitrogens is 2. The van der Waals surface area contributed by atoms with E-state index in [4.69, 9.17) is 4.74 Å². The predicted molar refractivity (Wildman–Crippen MR) is 47.4 cm³/mol. The van der Waals surface area contributed by atoms with E-state index in [-0.39, 0.29) is 11.9 Å². The van der Waals surface area contributed by atoms with Crippen molar-refractivity contribution in [2.45, 2.75) is 0 Å². The van der Waals surface area contributed by atoms with Crippen LogP contribution in [-0.2, 0) is 4.79 Å². The second-order valence-electron chi connectivity index (χ2n) is 2.15. The molecule has 0 radical (unpaired) electrons. The Balaban J connectivity index is 2.69. The molecule has 5 nitrogen and oxygen atoms in total. The number of nitrogens with one attached hydrogen (secondary N) is 1. The van der Waals surface area contributed by atoms with E-state index in [2.05, 4.69) is 21.9 Å². The third-order valence-electron chi connectivity index (χ3n) is 1.26. The van der Waals surface area contributed by atoms with E-state index in [9.17, 15) is 4.79 Å². The van der Waals surface area contributed by atoms with Crippen molar-refractivity contribution in [3.63, 3.8) is 0 Å². The van der Waals surface area contributed by atoms with Gasteiger partial charge in [0, 0.05) is 0 Å². The molecule has 1 aromatic heterocycles. The molecule has 0 fully saturated rings. The molecule has 1 amide bonds. The van der Waals surface area contributed by atoms with Gasteiger partial charge >= 0.3 is 6.01 Å². The number of anilines is 1. The van der Waals surface area contributed by atoms with E-state index in [0.29, 0.717) is 5.69 Å². The highest BCUT2D eigenvalue weighted by Gasteiger charge is 1.98. The van der Waals surface area contributed by atoms with Gasteiger partial charge in [0.2, 0.25) is 5.91 Å². The zero-order chi connectivity index (χ0) is 9.68. The molecule has 0 aromatic carbocycles. The first kappa shape index (κ1) is 9.18. The zero-order valence-corrected chi connectivity index (χ0v) is 7.15. The molecule has 5 heteroatoms. The van der Waals surface area contributed by atoms with Crippen LogP contribution in [0.2, 0.25) is 0 Å². The largest absolute Gasteiger partial charge is 0.467 e. The number of carbonyl (C=O) groups excluding carboxylic acids is 1. The van der Waals surface area contributed by atoms with Crippen molar-refractivity contribution in [2.24, 2.45) is 0 Å². The fourth-order valence-electron chi connectivity index (χ4n) is 0.679. The molecule has 1 aromatic rings. The summed E-state index contributed by atoms with van der Waals surface area (Å²) < 4.78 is 4.75. The van der Waals surface area contributed by atoms with Gasteiger partial charge in [-0.2, -0.15) is 0 Å². The maximum atomic E-state index is 10.8. The standard InChI is InChI=1S/C8H9N3O2/c1-3-7(12)11-6-4-9-8(13-2)10-5-6/h3-5H,1H2,2H3,(H,11,12). The second-order valence-corrected chi connectivity index (χ2v) is 2.15. The third kappa shape index (κ3) is 2.55. The molecule has 0 atom stereocenters. The Morgan fingerprint density at radius 2 is 2.23 bits per heavy atom. The highest BCUT2D eigenvalue weighted by atomic mass is 16.5. The van der Waals surface area contributed by atoms with Gasteiger partial charge in [-0.1, -0.05) is 6.58 Å². The van der Waals surface area contributed by atoms with Gasteiger partial charge in [0.15, 0.2) is 0 Å². The topological polar surface area (TPSA) is 64.1 Å². The van der Waals surface area contributed by atoms with E-state index in [1.54, 1.807) is 0 Å². The van der Waals surface area contributed by atoms with E-state index in [1.165, 1.54) is 25.6 Å². The lowest BCUT2D eigenvalue weighted by molar-refractivity contribution is -0.111. The van der Waals surface area contributed by atoms with Crippen LogP contribution in [0.25, 0.3) is 0 Å². The quantitative estimate of drug-likeness (QED) is 0.690. The van der Waals surface area contributed by atoms with Gasteiger partial charge in [-0.05, 0) is 6.08 Å². The van der Waals surface area contributed by atoms with Gasteiger partial charge in [-0.25, -0.2) is 9.97 Å². The van der Waals surface area contributed by atoms with Crippen molar-refractivity contribution in [3.05, 3.63) is 25.0 Å². The summed E-state index contributed by atoms with van der Waals surface area (Å²) in [7, 11) is 1.47. The number of hydrogen-bond donors (Lipinski definition) is 1. The van der Waals surface area contributed by atoms with Gasteiger partial charge in [-0.3, -0.25) is 4.79 Å². The fourth-order valence-corrected chi connectivity index (χ4v) is 0.679. The minimum Gasteiger partial charge on any atom is -0.467 e. The van der Waals surface area contributed by atoms with Crippen LogP contribution >= 0.6 is 0 Å². The molecule has 0 aliphatic carbocycles. The van der Waals surface area contributed by atoms with E-state index in [0.717, 1.165) is 0 Å². The molecular formula is C8H9N3O2. The molecule has 0 saturated heterocycles. The average molecular weight is 179 g/mol. The maximum absolute atomic E-state index is 10.8. The normalized spacial score (nSPS) is 9.00. The van der Waals surface area contributed by atoms with Crippen LogP contribution in [0.15, 0.2) is 25.0 Å². The number of amides is 1. The van der Waals surface area contributed by atoms with Crippen LogP contribution in [0.1, 0.15) is 0 Å². The van der Waals surface area contributed by atoms with Crippen molar-refractivity contribution in [3.8, 4) is 6.01 Å². The third-order valence-corrected chi connectivity index (χ3v) is 1.26. The summed E-state index contributed by atoms with van der Waals surface area (Å²) in [5.74, 6) is -0.297. The molecule has 1 rings (SSSR count). The molecule has 1 heterocycles. The first-order chi connectivity index (χ1) is 6.26. The average Bonchev–Trinajstić information content (AvgIpc) is 2.19. The summed E-state index contributed by atoms with van der Waals surface area (Å²) in [6, 6.07) is 0.261. The lowest BCUT2D eigenvalue weighted by atomic mass is 10.5. The summed E-state index contributed by atoms with van der Waals surface area (Å²) in [5.41, 5.74) is 0.505. The monoisotopic (exact) mass is 179 g/mol. The van der Waals surface area contributed by atoms with Crippen molar-refractivity contribution in [2.75, 3.05) is 12.4 Å². The molecule has 13 heavy (non-hydrogen) atoms. The molecule has 0 aliphatic rings. The van der Waals surface area contributed by atoms with E-state index >= 15 is 0 Å². The Morgan fingerprint density at radius 1 is 1.62 bits per heavy atom. The minimum atomic E-state index is -0.297. The van der Waals surface area contributed by atoms with Crippen molar-refractivity contribution >= 4 is 11.6 Å².